The van der Waals surface area contributed by atoms with Crippen molar-refractivity contribution < 1.29 is 24.2 Å². The van der Waals surface area contributed by atoms with Gasteiger partial charge in [-0.3, -0.25) is 4.79 Å². The number of benzene rings is 3. The Morgan fingerprint density at radius 1 is 0.885 bits per heavy atom. The predicted molar refractivity (Wildman–Crippen MR) is 96.1 cm³/mol. The lowest BCUT2D eigenvalue weighted by Gasteiger charge is -2.11. The molecule has 0 atom stereocenters. The van der Waals surface area contributed by atoms with Gasteiger partial charge in [0.25, 0.3) is 0 Å². The van der Waals surface area contributed by atoms with Crippen LogP contribution in [0.5, 0.6) is 17.2 Å². The van der Waals surface area contributed by atoms with E-state index in [1.54, 1.807) is 30.3 Å². The SMILES string of the molecule is O=Cc1ccc(Oc2cc(OCc3ccccc3)cc(C(=O)O)c2)cc1. The van der Waals surface area contributed by atoms with E-state index in [4.69, 9.17) is 9.47 Å². The van der Waals surface area contributed by atoms with Crippen LogP contribution in [0.25, 0.3) is 0 Å². The van der Waals surface area contributed by atoms with Gasteiger partial charge < -0.3 is 14.6 Å². The molecule has 3 aromatic rings. The first-order valence-electron chi connectivity index (χ1n) is 7.92. The highest BCUT2D eigenvalue weighted by atomic mass is 16.5. The Balaban J connectivity index is 1.80. The first-order chi connectivity index (χ1) is 12.6. The minimum absolute atomic E-state index is 0.0649. The van der Waals surface area contributed by atoms with Crippen LogP contribution in [-0.2, 0) is 6.61 Å². The van der Waals surface area contributed by atoms with Crippen molar-refractivity contribution in [1.29, 1.82) is 0 Å². The molecule has 0 fully saturated rings. The van der Waals surface area contributed by atoms with Crippen LogP contribution in [0.15, 0.2) is 72.8 Å². The van der Waals surface area contributed by atoms with Crippen molar-refractivity contribution in [1.82, 2.24) is 0 Å². The monoisotopic (exact) mass is 348 g/mol. The van der Waals surface area contributed by atoms with Crippen LogP contribution in [0.2, 0.25) is 0 Å². The first-order valence-corrected chi connectivity index (χ1v) is 7.92. The summed E-state index contributed by atoms with van der Waals surface area (Å²) in [5, 5.41) is 9.30. The standard InChI is InChI=1S/C21H16O5/c22-13-15-6-8-18(9-7-15)26-20-11-17(21(23)24)10-19(12-20)25-14-16-4-2-1-3-5-16/h1-13H,14H2,(H,23,24). The fourth-order valence-corrected chi connectivity index (χ4v) is 2.33. The van der Waals surface area contributed by atoms with Crippen molar-refractivity contribution in [2.75, 3.05) is 0 Å². The zero-order valence-electron chi connectivity index (χ0n) is 13.8. The largest absolute Gasteiger partial charge is 0.489 e. The number of carboxylic acids is 1. The van der Waals surface area contributed by atoms with Crippen molar-refractivity contribution in [2.45, 2.75) is 6.61 Å². The number of carbonyl (C=O) groups excluding carboxylic acids is 1. The molecule has 5 heteroatoms. The summed E-state index contributed by atoms with van der Waals surface area (Å²) in [7, 11) is 0. The molecule has 0 aliphatic rings. The van der Waals surface area contributed by atoms with Gasteiger partial charge >= 0.3 is 5.97 Å². The molecule has 0 aliphatic carbocycles. The van der Waals surface area contributed by atoms with Crippen LogP contribution in [0.3, 0.4) is 0 Å². The van der Waals surface area contributed by atoms with Crippen molar-refractivity contribution in [3.8, 4) is 17.2 Å². The van der Waals surface area contributed by atoms with Crippen LogP contribution in [0.4, 0.5) is 0 Å². The van der Waals surface area contributed by atoms with Crippen molar-refractivity contribution in [3.63, 3.8) is 0 Å². The van der Waals surface area contributed by atoms with Gasteiger partial charge in [0, 0.05) is 11.6 Å². The van der Waals surface area contributed by atoms with Gasteiger partial charge in [-0.15, -0.1) is 0 Å². The molecular weight excluding hydrogens is 332 g/mol. The molecule has 26 heavy (non-hydrogen) atoms. The van der Waals surface area contributed by atoms with Gasteiger partial charge in [-0.2, -0.15) is 0 Å². The Morgan fingerprint density at radius 2 is 1.58 bits per heavy atom. The second-order valence-corrected chi connectivity index (χ2v) is 5.56. The van der Waals surface area contributed by atoms with Gasteiger partial charge in [0.1, 0.15) is 30.1 Å². The topological polar surface area (TPSA) is 72.8 Å². The summed E-state index contributed by atoms with van der Waals surface area (Å²) in [6, 6.07) is 20.6. The number of carboxylic acid groups (broad SMARTS) is 1. The van der Waals surface area contributed by atoms with Crippen molar-refractivity contribution >= 4 is 12.3 Å². The Morgan fingerprint density at radius 3 is 2.23 bits per heavy atom. The normalized spacial score (nSPS) is 10.2. The third kappa shape index (κ3) is 4.48. The molecule has 0 aromatic heterocycles. The molecule has 3 rings (SSSR count). The summed E-state index contributed by atoms with van der Waals surface area (Å²) in [5.74, 6) is 0.156. The number of rotatable bonds is 7. The predicted octanol–water partition coefficient (Wildman–Crippen LogP) is 4.57. The zero-order chi connectivity index (χ0) is 18.4. The van der Waals surface area contributed by atoms with Gasteiger partial charge in [0.15, 0.2) is 0 Å². The van der Waals surface area contributed by atoms with Crippen molar-refractivity contribution in [2.24, 2.45) is 0 Å². The van der Waals surface area contributed by atoms with E-state index in [9.17, 15) is 14.7 Å². The van der Waals surface area contributed by atoms with Crippen LogP contribution < -0.4 is 9.47 Å². The smallest absolute Gasteiger partial charge is 0.335 e. The average Bonchev–Trinajstić information content (AvgIpc) is 2.67. The van der Waals surface area contributed by atoms with Crippen LogP contribution in [-0.4, -0.2) is 17.4 Å². The minimum Gasteiger partial charge on any atom is -0.489 e. The van der Waals surface area contributed by atoms with Crippen LogP contribution >= 0.6 is 0 Å². The van der Waals surface area contributed by atoms with Crippen molar-refractivity contribution in [3.05, 3.63) is 89.5 Å². The molecule has 0 saturated carbocycles. The maximum atomic E-state index is 11.4. The van der Waals surface area contributed by atoms with Gasteiger partial charge in [0.05, 0.1) is 5.56 Å². The molecule has 0 aliphatic heterocycles. The van der Waals surface area contributed by atoms with Gasteiger partial charge in [-0.05, 0) is 42.0 Å². The number of ether oxygens (including phenoxy) is 2. The van der Waals surface area contributed by atoms with E-state index >= 15 is 0 Å². The lowest BCUT2D eigenvalue weighted by Crippen LogP contribution is -2.00. The van der Waals surface area contributed by atoms with Crippen LogP contribution in [0, 0.1) is 0 Å². The van der Waals surface area contributed by atoms with E-state index in [1.807, 2.05) is 30.3 Å². The maximum Gasteiger partial charge on any atom is 0.335 e. The lowest BCUT2D eigenvalue weighted by atomic mass is 10.2. The van der Waals surface area contributed by atoms with E-state index in [0.717, 1.165) is 11.8 Å². The Labute approximate surface area is 150 Å². The van der Waals surface area contributed by atoms with Gasteiger partial charge in [-0.1, -0.05) is 30.3 Å². The summed E-state index contributed by atoms with van der Waals surface area (Å²) < 4.78 is 11.4. The number of aromatic carboxylic acids is 1. The summed E-state index contributed by atoms with van der Waals surface area (Å²) in [6.45, 7) is 0.317. The lowest BCUT2D eigenvalue weighted by molar-refractivity contribution is 0.0695. The molecule has 5 nitrogen and oxygen atoms in total. The molecule has 0 bridgehead atoms. The number of hydrogen-bond acceptors (Lipinski definition) is 4. The molecule has 0 radical (unpaired) electrons. The highest BCUT2D eigenvalue weighted by Gasteiger charge is 2.10. The molecule has 3 aromatic carbocycles. The maximum absolute atomic E-state index is 11.4. The molecule has 0 amide bonds. The second-order valence-electron chi connectivity index (χ2n) is 5.56. The Hall–Kier alpha value is -3.60. The van der Waals surface area contributed by atoms with E-state index < -0.39 is 5.97 Å². The van der Waals surface area contributed by atoms with E-state index in [-0.39, 0.29) is 5.56 Å². The third-order valence-corrected chi connectivity index (χ3v) is 3.63. The van der Waals surface area contributed by atoms with Crippen LogP contribution in [0.1, 0.15) is 26.3 Å². The molecule has 0 spiro atoms. The molecule has 0 unspecified atom stereocenters. The Bertz CT molecular complexity index is 901. The van der Waals surface area contributed by atoms with E-state index in [0.29, 0.717) is 29.4 Å². The van der Waals surface area contributed by atoms with Gasteiger partial charge in [0.2, 0.25) is 0 Å². The highest BCUT2D eigenvalue weighted by molar-refractivity contribution is 5.88. The summed E-state index contributed by atoms with van der Waals surface area (Å²) in [5.41, 5.74) is 1.57. The zero-order valence-corrected chi connectivity index (χ0v) is 13.8. The third-order valence-electron chi connectivity index (χ3n) is 3.63. The quantitative estimate of drug-likeness (QED) is 0.633. The molecule has 130 valence electrons. The Kier molecular flexibility index (Phi) is 5.29. The molecule has 0 saturated heterocycles. The van der Waals surface area contributed by atoms with Gasteiger partial charge in [-0.25, -0.2) is 4.79 Å². The molecule has 1 N–H and O–H groups in total. The summed E-state index contributed by atoms with van der Waals surface area (Å²) in [4.78, 5) is 22.1. The second kappa shape index (κ2) is 7.98. The average molecular weight is 348 g/mol. The first kappa shape index (κ1) is 17.2. The number of carbonyl (C=O) groups is 2. The number of aldehydes is 1. The molecule has 0 heterocycles. The fraction of sp³-hybridized carbons (Fsp3) is 0.0476. The van der Waals surface area contributed by atoms with E-state index in [1.165, 1.54) is 12.1 Å². The minimum atomic E-state index is -1.07. The summed E-state index contributed by atoms with van der Waals surface area (Å²) in [6.07, 6.45) is 0.740. The highest BCUT2D eigenvalue weighted by Crippen LogP contribution is 2.28. The number of hydrogen-bond donors (Lipinski definition) is 1. The fourth-order valence-electron chi connectivity index (χ4n) is 2.33. The van der Waals surface area contributed by atoms with E-state index in [2.05, 4.69) is 0 Å². The molecular formula is C21H16O5. The summed E-state index contributed by atoms with van der Waals surface area (Å²) >= 11 is 0.